The lowest BCUT2D eigenvalue weighted by Crippen LogP contribution is -2.20. The number of hydrogen-bond donors (Lipinski definition) is 2. The molecule has 6 heteroatoms. The van der Waals surface area contributed by atoms with E-state index in [0.29, 0.717) is 18.1 Å². The van der Waals surface area contributed by atoms with E-state index in [9.17, 15) is 4.79 Å². The normalized spacial score (nSPS) is 10.2. The van der Waals surface area contributed by atoms with Gasteiger partial charge in [-0.2, -0.15) is 0 Å². The molecule has 88 valence electrons. The van der Waals surface area contributed by atoms with Crippen LogP contribution in [-0.4, -0.2) is 14.5 Å². The van der Waals surface area contributed by atoms with Crippen molar-refractivity contribution in [1.29, 1.82) is 0 Å². The molecule has 0 aliphatic carbocycles. The van der Waals surface area contributed by atoms with Crippen molar-refractivity contribution >= 4 is 5.82 Å². The van der Waals surface area contributed by atoms with Crippen molar-refractivity contribution in [2.24, 2.45) is 5.84 Å². The zero-order valence-electron chi connectivity index (χ0n) is 9.42. The molecule has 0 fully saturated rings. The van der Waals surface area contributed by atoms with Crippen LogP contribution in [0.3, 0.4) is 0 Å². The van der Waals surface area contributed by atoms with Crippen molar-refractivity contribution in [1.82, 2.24) is 14.5 Å². The lowest BCUT2D eigenvalue weighted by atomic mass is 10.2. The van der Waals surface area contributed by atoms with E-state index in [2.05, 4.69) is 15.4 Å². The third-order valence-corrected chi connectivity index (χ3v) is 2.34. The Kier molecular flexibility index (Phi) is 3.15. The summed E-state index contributed by atoms with van der Waals surface area (Å²) in [4.78, 5) is 19.7. The number of nitrogen functional groups attached to an aromatic ring is 1. The van der Waals surface area contributed by atoms with Crippen molar-refractivity contribution in [2.45, 2.75) is 13.5 Å². The minimum atomic E-state index is -0.0726. The summed E-state index contributed by atoms with van der Waals surface area (Å²) in [7, 11) is 0. The van der Waals surface area contributed by atoms with E-state index < -0.39 is 0 Å². The van der Waals surface area contributed by atoms with E-state index in [0.717, 1.165) is 5.56 Å². The molecule has 2 rings (SSSR count). The van der Waals surface area contributed by atoms with Gasteiger partial charge in [0.15, 0.2) is 0 Å². The van der Waals surface area contributed by atoms with Gasteiger partial charge in [0.1, 0.15) is 5.82 Å². The van der Waals surface area contributed by atoms with Gasteiger partial charge in [0.05, 0.1) is 12.9 Å². The molecule has 0 saturated heterocycles. The number of rotatable bonds is 3. The van der Waals surface area contributed by atoms with Crippen molar-refractivity contribution in [2.75, 3.05) is 5.43 Å². The smallest absolute Gasteiger partial charge is 0.253 e. The third-order valence-electron chi connectivity index (χ3n) is 2.34. The molecule has 0 aliphatic heterocycles. The molecule has 0 spiro atoms. The van der Waals surface area contributed by atoms with Crippen molar-refractivity contribution in [3.8, 4) is 0 Å². The number of nitrogens with one attached hydrogen (secondary N) is 1. The molecule has 6 nitrogen and oxygen atoms in total. The molecule has 0 bridgehead atoms. The van der Waals surface area contributed by atoms with Crippen LogP contribution >= 0.6 is 0 Å². The van der Waals surface area contributed by atoms with Crippen LogP contribution in [0, 0.1) is 6.92 Å². The molecule has 2 aromatic rings. The Morgan fingerprint density at radius 2 is 2.24 bits per heavy atom. The summed E-state index contributed by atoms with van der Waals surface area (Å²) in [6, 6.07) is 5.11. The highest BCUT2D eigenvalue weighted by Crippen LogP contribution is 2.06. The Labute approximate surface area is 98.1 Å². The number of nitrogens with zero attached hydrogens (tertiary/aromatic N) is 3. The van der Waals surface area contributed by atoms with Crippen LogP contribution < -0.4 is 16.8 Å². The van der Waals surface area contributed by atoms with Crippen LogP contribution in [-0.2, 0) is 6.54 Å². The van der Waals surface area contributed by atoms with Crippen LogP contribution in [0.4, 0.5) is 5.82 Å². The topological polar surface area (TPSA) is 85.8 Å². The summed E-state index contributed by atoms with van der Waals surface area (Å²) < 4.78 is 1.53. The van der Waals surface area contributed by atoms with E-state index in [-0.39, 0.29) is 5.56 Å². The van der Waals surface area contributed by atoms with Crippen LogP contribution in [0.15, 0.2) is 35.5 Å². The van der Waals surface area contributed by atoms with Gasteiger partial charge in [0.25, 0.3) is 5.56 Å². The van der Waals surface area contributed by atoms with Crippen LogP contribution in [0.5, 0.6) is 0 Å². The summed E-state index contributed by atoms with van der Waals surface area (Å²) in [6.07, 6.45) is 3.17. The number of anilines is 1. The average Bonchev–Trinajstić information content (AvgIpc) is 2.33. The summed E-state index contributed by atoms with van der Waals surface area (Å²) >= 11 is 0. The van der Waals surface area contributed by atoms with Crippen molar-refractivity contribution in [3.05, 3.63) is 52.3 Å². The minimum Gasteiger partial charge on any atom is -0.308 e. The van der Waals surface area contributed by atoms with Gasteiger partial charge in [-0.3, -0.25) is 9.36 Å². The highest BCUT2D eigenvalue weighted by atomic mass is 16.1. The molecule has 0 aromatic carbocycles. The molecule has 2 heterocycles. The summed E-state index contributed by atoms with van der Waals surface area (Å²) in [6.45, 7) is 2.23. The molecule has 2 aromatic heterocycles. The van der Waals surface area contributed by atoms with Crippen molar-refractivity contribution in [3.63, 3.8) is 0 Å². The second-order valence-corrected chi connectivity index (χ2v) is 3.69. The number of aryl methyl sites for hydroxylation is 1. The van der Waals surface area contributed by atoms with Crippen LogP contribution in [0.2, 0.25) is 0 Å². The number of aromatic nitrogens is 3. The standard InChI is InChI=1S/C11H13N5O/c1-8-4-11(17)16(7-14-8)6-9-2-3-13-10(5-9)15-12/h2-5,7H,6,12H2,1H3,(H,13,15). The summed E-state index contributed by atoms with van der Waals surface area (Å²) in [5, 5.41) is 0. The Bertz CT molecular complexity index is 578. The monoisotopic (exact) mass is 231 g/mol. The Hall–Kier alpha value is -2.21. The van der Waals surface area contributed by atoms with Gasteiger partial charge in [-0.15, -0.1) is 0 Å². The van der Waals surface area contributed by atoms with E-state index >= 15 is 0 Å². The minimum absolute atomic E-state index is 0.0726. The number of nitrogens with two attached hydrogens (primary N) is 1. The lowest BCUT2D eigenvalue weighted by Gasteiger charge is -2.06. The lowest BCUT2D eigenvalue weighted by molar-refractivity contribution is 0.729. The molecule has 3 N–H and O–H groups in total. The van der Waals surface area contributed by atoms with Crippen molar-refractivity contribution < 1.29 is 0 Å². The average molecular weight is 231 g/mol. The molecule has 0 unspecified atom stereocenters. The molecule has 0 saturated carbocycles. The Morgan fingerprint density at radius 1 is 1.41 bits per heavy atom. The maximum Gasteiger partial charge on any atom is 0.253 e. The maximum absolute atomic E-state index is 11.7. The first-order chi connectivity index (χ1) is 8.19. The molecule has 0 amide bonds. The first-order valence-corrected chi connectivity index (χ1v) is 5.13. The van der Waals surface area contributed by atoms with E-state index in [1.165, 1.54) is 17.0 Å². The summed E-state index contributed by atoms with van der Waals surface area (Å²) in [5.41, 5.74) is 4.03. The van der Waals surface area contributed by atoms with Gasteiger partial charge in [-0.1, -0.05) is 0 Å². The molecule has 0 aliphatic rings. The van der Waals surface area contributed by atoms with E-state index in [1.807, 2.05) is 6.07 Å². The maximum atomic E-state index is 11.7. The fraction of sp³-hybridized carbons (Fsp3) is 0.182. The third kappa shape index (κ3) is 2.67. The predicted molar refractivity (Wildman–Crippen MR) is 64.4 cm³/mol. The zero-order valence-corrected chi connectivity index (χ0v) is 9.42. The zero-order chi connectivity index (χ0) is 12.3. The fourth-order valence-corrected chi connectivity index (χ4v) is 1.48. The van der Waals surface area contributed by atoms with Gasteiger partial charge in [-0.05, 0) is 24.6 Å². The number of hydrogen-bond acceptors (Lipinski definition) is 5. The van der Waals surface area contributed by atoms with E-state index in [4.69, 9.17) is 5.84 Å². The molecule has 0 atom stereocenters. The van der Waals surface area contributed by atoms with Gasteiger partial charge < -0.3 is 5.43 Å². The van der Waals surface area contributed by atoms with Crippen LogP contribution in [0.25, 0.3) is 0 Å². The van der Waals surface area contributed by atoms with Gasteiger partial charge in [0, 0.05) is 18.0 Å². The Balaban J connectivity index is 2.28. The highest BCUT2D eigenvalue weighted by Gasteiger charge is 2.00. The molecule has 17 heavy (non-hydrogen) atoms. The number of hydrazine groups is 1. The van der Waals surface area contributed by atoms with Gasteiger partial charge in [0.2, 0.25) is 0 Å². The number of pyridine rings is 1. The molecular weight excluding hydrogens is 218 g/mol. The Morgan fingerprint density at radius 3 is 2.94 bits per heavy atom. The summed E-state index contributed by atoms with van der Waals surface area (Å²) in [5.74, 6) is 5.83. The van der Waals surface area contributed by atoms with Gasteiger partial charge >= 0.3 is 0 Å². The molecular formula is C11H13N5O. The molecule has 0 radical (unpaired) electrons. The second-order valence-electron chi connectivity index (χ2n) is 3.69. The first-order valence-electron chi connectivity index (χ1n) is 5.13. The predicted octanol–water partition coefficient (Wildman–Crippen LogP) is 0.281. The largest absolute Gasteiger partial charge is 0.308 e. The quantitative estimate of drug-likeness (QED) is 0.585. The highest BCUT2D eigenvalue weighted by molar-refractivity contribution is 5.35. The van der Waals surface area contributed by atoms with E-state index in [1.54, 1.807) is 19.2 Å². The SMILES string of the molecule is Cc1cc(=O)n(Cc2ccnc(NN)c2)cn1. The first kappa shape index (κ1) is 11.3. The second kappa shape index (κ2) is 4.75. The fourth-order valence-electron chi connectivity index (χ4n) is 1.48. The van der Waals surface area contributed by atoms with Crippen LogP contribution in [0.1, 0.15) is 11.3 Å². The van der Waals surface area contributed by atoms with Gasteiger partial charge in [-0.25, -0.2) is 15.8 Å².